The van der Waals surface area contributed by atoms with E-state index < -0.39 is 5.82 Å². The number of carbonyl (C=O) groups is 1. The molecule has 19 heavy (non-hydrogen) atoms. The number of phenols is 1. The minimum atomic E-state index is -0.563. The molecule has 2 N–H and O–H groups in total. The van der Waals surface area contributed by atoms with Gasteiger partial charge in [-0.05, 0) is 37.8 Å². The van der Waals surface area contributed by atoms with Crippen LogP contribution >= 0.6 is 0 Å². The molecule has 0 aromatic heterocycles. The molecule has 1 amide bonds. The summed E-state index contributed by atoms with van der Waals surface area (Å²) in [6, 6.07) is 3.39. The van der Waals surface area contributed by atoms with Crippen LogP contribution in [0.3, 0.4) is 0 Å². The SMILES string of the molecule is CC(NC(=O)c1ccc(F)cc1O)C1CCOCC1. The minimum Gasteiger partial charge on any atom is -0.507 e. The van der Waals surface area contributed by atoms with E-state index in [1.54, 1.807) is 0 Å². The standard InChI is InChI=1S/C14H18FNO3/c1-9(10-4-6-19-7-5-10)16-14(18)12-3-2-11(15)8-13(12)17/h2-3,8-10,17H,4-7H2,1H3,(H,16,18). The van der Waals surface area contributed by atoms with Crippen molar-refractivity contribution in [2.24, 2.45) is 5.92 Å². The summed E-state index contributed by atoms with van der Waals surface area (Å²) in [7, 11) is 0. The number of carbonyl (C=O) groups excluding carboxylic acids is 1. The number of hydrogen-bond donors (Lipinski definition) is 2. The summed E-state index contributed by atoms with van der Waals surface area (Å²) >= 11 is 0. The fourth-order valence-corrected chi connectivity index (χ4v) is 2.32. The molecular formula is C14H18FNO3. The van der Waals surface area contributed by atoms with Gasteiger partial charge in [0.05, 0.1) is 5.56 Å². The highest BCUT2D eigenvalue weighted by Crippen LogP contribution is 2.21. The Labute approximate surface area is 111 Å². The summed E-state index contributed by atoms with van der Waals surface area (Å²) in [4.78, 5) is 12.0. The number of hydrogen-bond acceptors (Lipinski definition) is 3. The lowest BCUT2D eigenvalue weighted by Gasteiger charge is -2.28. The van der Waals surface area contributed by atoms with E-state index in [9.17, 15) is 14.3 Å². The number of benzene rings is 1. The van der Waals surface area contributed by atoms with Gasteiger partial charge in [-0.25, -0.2) is 4.39 Å². The molecule has 2 rings (SSSR count). The highest BCUT2D eigenvalue weighted by Gasteiger charge is 2.23. The van der Waals surface area contributed by atoms with Crippen molar-refractivity contribution >= 4 is 5.91 Å². The number of halogens is 1. The number of ether oxygens (including phenoxy) is 1. The van der Waals surface area contributed by atoms with Crippen molar-refractivity contribution in [2.45, 2.75) is 25.8 Å². The maximum Gasteiger partial charge on any atom is 0.255 e. The quantitative estimate of drug-likeness (QED) is 0.881. The maximum absolute atomic E-state index is 12.9. The summed E-state index contributed by atoms with van der Waals surface area (Å²) in [5, 5.41) is 12.4. The summed E-state index contributed by atoms with van der Waals surface area (Å²) in [6.45, 7) is 3.37. The first kappa shape index (κ1) is 13.8. The zero-order valence-electron chi connectivity index (χ0n) is 10.9. The van der Waals surface area contributed by atoms with Crippen molar-refractivity contribution < 1.29 is 19.0 Å². The summed E-state index contributed by atoms with van der Waals surface area (Å²) in [5.41, 5.74) is 0.0975. The molecule has 4 nitrogen and oxygen atoms in total. The lowest BCUT2D eigenvalue weighted by Crippen LogP contribution is -2.40. The van der Waals surface area contributed by atoms with Crippen LogP contribution in [0.25, 0.3) is 0 Å². The van der Waals surface area contributed by atoms with Gasteiger partial charge < -0.3 is 15.2 Å². The molecule has 1 aliphatic heterocycles. The second-order valence-corrected chi connectivity index (χ2v) is 4.87. The van der Waals surface area contributed by atoms with E-state index in [1.165, 1.54) is 6.07 Å². The fraction of sp³-hybridized carbons (Fsp3) is 0.500. The number of amides is 1. The summed E-state index contributed by atoms with van der Waals surface area (Å²) < 4.78 is 18.1. The molecule has 0 spiro atoms. The highest BCUT2D eigenvalue weighted by atomic mass is 19.1. The topological polar surface area (TPSA) is 58.6 Å². The van der Waals surface area contributed by atoms with E-state index in [0.717, 1.165) is 25.0 Å². The van der Waals surface area contributed by atoms with E-state index in [0.29, 0.717) is 19.1 Å². The number of phenolic OH excluding ortho intramolecular Hbond substituents is 1. The third-order valence-corrected chi connectivity index (χ3v) is 3.54. The van der Waals surface area contributed by atoms with E-state index in [2.05, 4.69) is 5.32 Å². The van der Waals surface area contributed by atoms with Crippen molar-refractivity contribution in [1.82, 2.24) is 5.32 Å². The molecule has 1 unspecified atom stereocenters. The lowest BCUT2D eigenvalue weighted by atomic mass is 9.93. The van der Waals surface area contributed by atoms with Crippen LogP contribution < -0.4 is 5.32 Å². The van der Waals surface area contributed by atoms with E-state index in [1.807, 2.05) is 6.92 Å². The van der Waals surface area contributed by atoms with Crippen LogP contribution in [0, 0.1) is 11.7 Å². The van der Waals surface area contributed by atoms with Crippen LogP contribution in [0.2, 0.25) is 0 Å². The second kappa shape index (κ2) is 6.02. The van der Waals surface area contributed by atoms with Crippen LogP contribution in [0.15, 0.2) is 18.2 Å². The van der Waals surface area contributed by atoms with Gasteiger partial charge in [-0.15, -0.1) is 0 Å². The van der Waals surface area contributed by atoms with Gasteiger partial charge in [0.2, 0.25) is 0 Å². The zero-order chi connectivity index (χ0) is 13.8. The Morgan fingerprint density at radius 1 is 1.47 bits per heavy atom. The third-order valence-electron chi connectivity index (χ3n) is 3.54. The average molecular weight is 267 g/mol. The molecule has 1 heterocycles. The molecule has 1 aromatic carbocycles. The lowest BCUT2D eigenvalue weighted by molar-refractivity contribution is 0.0538. The first-order valence-corrected chi connectivity index (χ1v) is 6.45. The molecule has 1 aliphatic rings. The van der Waals surface area contributed by atoms with Gasteiger partial charge in [-0.3, -0.25) is 4.79 Å². The largest absolute Gasteiger partial charge is 0.507 e. The van der Waals surface area contributed by atoms with Gasteiger partial charge in [-0.1, -0.05) is 0 Å². The maximum atomic E-state index is 12.9. The van der Waals surface area contributed by atoms with Crippen LogP contribution in [0.1, 0.15) is 30.1 Å². The predicted octanol–water partition coefficient (Wildman–Crippen LogP) is 2.08. The number of nitrogens with one attached hydrogen (secondary N) is 1. The molecule has 1 aromatic rings. The second-order valence-electron chi connectivity index (χ2n) is 4.87. The van der Waals surface area contributed by atoms with Gasteiger partial charge in [0, 0.05) is 25.3 Å². The minimum absolute atomic E-state index is 0.000790. The molecule has 1 atom stereocenters. The number of aromatic hydroxyl groups is 1. The van der Waals surface area contributed by atoms with E-state index in [4.69, 9.17) is 4.74 Å². The van der Waals surface area contributed by atoms with E-state index >= 15 is 0 Å². The first-order chi connectivity index (χ1) is 9.08. The molecule has 1 saturated heterocycles. The van der Waals surface area contributed by atoms with Crippen molar-refractivity contribution in [2.75, 3.05) is 13.2 Å². The van der Waals surface area contributed by atoms with Crippen LogP contribution in [-0.2, 0) is 4.74 Å². The third kappa shape index (κ3) is 3.44. The Kier molecular flexibility index (Phi) is 4.37. The van der Waals surface area contributed by atoms with Gasteiger partial charge in [0.1, 0.15) is 11.6 Å². The van der Waals surface area contributed by atoms with Crippen molar-refractivity contribution in [3.63, 3.8) is 0 Å². The molecule has 0 radical (unpaired) electrons. The fourth-order valence-electron chi connectivity index (χ4n) is 2.32. The van der Waals surface area contributed by atoms with Crippen LogP contribution in [0.5, 0.6) is 5.75 Å². The Hall–Kier alpha value is -1.62. The van der Waals surface area contributed by atoms with Crippen molar-refractivity contribution in [3.8, 4) is 5.75 Å². The normalized spacial score (nSPS) is 18.0. The molecule has 0 aliphatic carbocycles. The summed E-state index contributed by atoms with van der Waals surface area (Å²) in [5.74, 6) is -0.903. The Morgan fingerprint density at radius 2 is 2.16 bits per heavy atom. The molecule has 1 fully saturated rings. The highest BCUT2D eigenvalue weighted by molar-refractivity contribution is 5.96. The van der Waals surface area contributed by atoms with Crippen molar-refractivity contribution in [3.05, 3.63) is 29.6 Å². The van der Waals surface area contributed by atoms with Gasteiger partial charge in [-0.2, -0.15) is 0 Å². The van der Waals surface area contributed by atoms with Crippen LogP contribution in [0.4, 0.5) is 4.39 Å². The van der Waals surface area contributed by atoms with Gasteiger partial charge in [0.15, 0.2) is 0 Å². The van der Waals surface area contributed by atoms with Gasteiger partial charge >= 0.3 is 0 Å². The Bertz CT molecular complexity index is 458. The predicted molar refractivity (Wildman–Crippen MR) is 68.5 cm³/mol. The Morgan fingerprint density at radius 3 is 2.79 bits per heavy atom. The molecule has 104 valence electrons. The first-order valence-electron chi connectivity index (χ1n) is 6.45. The summed E-state index contributed by atoms with van der Waals surface area (Å²) in [6.07, 6.45) is 1.83. The monoisotopic (exact) mass is 267 g/mol. The van der Waals surface area contributed by atoms with Crippen molar-refractivity contribution in [1.29, 1.82) is 0 Å². The average Bonchev–Trinajstić information content (AvgIpc) is 2.39. The molecule has 0 bridgehead atoms. The smallest absolute Gasteiger partial charge is 0.255 e. The van der Waals surface area contributed by atoms with Crippen LogP contribution in [-0.4, -0.2) is 30.3 Å². The van der Waals surface area contributed by atoms with Gasteiger partial charge in [0.25, 0.3) is 5.91 Å². The van der Waals surface area contributed by atoms with E-state index in [-0.39, 0.29) is 23.3 Å². The Balaban J connectivity index is 1.99. The molecule has 5 heteroatoms. The molecule has 0 saturated carbocycles. The molecular weight excluding hydrogens is 249 g/mol. The zero-order valence-corrected chi connectivity index (χ0v) is 10.9. The number of rotatable bonds is 3.